The molecule has 2 aliphatic rings. The van der Waals surface area contributed by atoms with Crippen LogP contribution < -0.4 is 0 Å². The van der Waals surface area contributed by atoms with Crippen molar-refractivity contribution >= 4 is 0 Å². The van der Waals surface area contributed by atoms with Gasteiger partial charge >= 0.3 is 0 Å². The molecule has 1 aliphatic carbocycles. The van der Waals surface area contributed by atoms with Crippen LogP contribution in [0.5, 0.6) is 0 Å². The Bertz CT molecular complexity index is 255. The highest BCUT2D eigenvalue weighted by molar-refractivity contribution is 4.91. The molecule has 18 heavy (non-hydrogen) atoms. The monoisotopic (exact) mass is 254 g/mol. The van der Waals surface area contributed by atoms with Crippen molar-refractivity contribution in [2.75, 3.05) is 6.61 Å². The second-order valence-corrected chi connectivity index (χ2v) is 7.57. The fourth-order valence-electron chi connectivity index (χ4n) is 3.54. The Kier molecular flexibility index (Phi) is 4.38. The van der Waals surface area contributed by atoms with Crippen molar-refractivity contribution < 1.29 is 9.84 Å². The van der Waals surface area contributed by atoms with E-state index in [-0.39, 0.29) is 17.1 Å². The molecule has 2 atom stereocenters. The smallest absolute Gasteiger partial charge is 0.0685 e. The van der Waals surface area contributed by atoms with Crippen LogP contribution in [-0.2, 0) is 4.74 Å². The van der Waals surface area contributed by atoms with E-state index in [9.17, 15) is 5.11 Å². The van der Waals surface area contributed by atoms with Crippen molar-refractivity contribution in [3.05, 3.63) is 0 Å². The zero-order valence-electron chi connectivity index (χ0n) is 12.4. The summed E-state index contributed by atoms with van der Waals surface area (Å²) in [6.45, 7) is 7.30. The van der Waals surface area contributed by atoms with Gasteiger partial charge in [-0.25, -0.2) is 0 Å². The van der Waals surface area contributed by atoms with E-state index in [1.165, 1.54) is 38.5 Å². The van der Waals surface area contributed by atoms with Crippen molar-refractivity contribution in [2.24, 2.45) is 11.3 Å². The normalized spacial score (nSPS) is 30.3. The summed E-state index contributed by atoms with van der Waals surface area (Å²) in [6.07, 6.45) is 9.61. The van der Waals surface area contributed by atoms with Crippen LogP contribution in [-0.4, -0.2) is 23.4 Å². The molecule has 0 radical (unpaired) electrons. The summed E-state index contributed by atoms with van der Waals surface area (Å²) >= 11 is 0. The average Bonchev–Trinajstić information content (AvgIpc) is 2.28. The fourth-order valence-corrected chi connectivity index (χ4v) is 3.54. The molecule has 1 saturated carbocycles. The predicted octanol–water partition coefficient (Wildman–Crippen LogP) is 3.91. The largest absolute Gasteiger partial charge is 0.393 e. The van der Waals surface area contributed by atoms with Crippen LogP contribution in [0.15, 0.2) is 0 Å². The number of hydrogen-bond donors (Lipinski definition) is 1. The minimum Gasteiger partial charge on any atom is -0.393 e. The average molecular weight is 254 g/mol. The Hall–Kier alpha value is -0.0800. The van der Waals surface area contributed by atoms with Gasteiger partial charge in [-0.15, -0.1) is 0 Å². The van der Waals surface area contributed by atoms with Gasteiger partial charge in [-0.05, 0) is 43.4 Å². The summed E-state index contributed by atoms with van der Waals surface area (Å²) in [5.41, 5.74) is 0.191. The number of hydrogen-bond acceptors (Lipinski definition) is 2. The van der Waals surface area contributed by atoms with Crippen molar-refractivity contribution in [2.45, 2.75) is 83.8 Å². The molecular weight excluding hydrogens is 224 g/mol. The van der Waals surface area contributed by atoms with Crippen molar-refractivity contribution in [3.8, 4) is 0 Å². The standard InChI is InChI=1S/C16H30O2/c1-15(2,3)14(17)11-13-7-10-18-16(12-13)8-5-4-6-9-16/h13-14,17H,4-12H2,1-3H3. The van der Waals surface area contributed by atoms with E-state index >= 15 is 0 Å². The molecule has 1 heterocycles. The predicted molar refractivity (Wildman–Crippen MR) is 74.6 cm³/mol. The maximum atomic E-state index is 10.3. The van der Waals surface area contributed by atoms with E-state index in [4.69, 9.17) is 4.74 Å². The van der Waals surface area contributed by atoms with Gasteiger partial charge in [0.15, 0.2) is 0 Å². The van der Waals surface area contributed by atoms with Gasteiger partial charge in [0.25, 0.3) is 0 Å². The molecule has 1 N–H and O–H groups in total. The molecule has 1 spiro atoms. The van der Waals surface area contributed by atoms with E-state index in [0.29, 0.717) is 5.92 Å². The summed E-state index contributed by atoms with van der Waals surface area (Å²) in [6, 6.07) is 0. The van der Waals surface area contributed by atoms with Gasteiger partial charge in [-0.2, -0.15) is 0 Å². The summed E-state index contributed by atoms with van der Waals surface area (Å²) in [5, 5.41) is 10.3. The molecule has 0 aromatic heterocycles. The lowest BCUT2D eigenvalue weighted by Gasteiger charge is -2.44. The first-order valence-corrected chi connectivity index (χ1v) is 7.73. The van der Waals surface area contributed by atoms with Crippen LogP contribution in [0.2, 0.25) is 0 Å². The SMILES string of the molecule is CC(C)(C)C(O)CC1CCOC2(CCCCC2)C1. The highest BCUT2D eigenvalue weighted by Crippen LogP contribution is 2.42. The second kappa shape index (κ2) is 5.50. The van der Waals surface area contributed by atoms with Gasteiger partial charge in [0, 0.05) is 6.61 Å². The van der Waals surface area contributed by atoms with Gasteiger partial charge in [0.1, 0.15) is 0 Å². The van der Waals surface area contributed by atoms with E-state index in [1.54, 1.807) is 0 Å². The van der Waals surface area contributed by atoms with Gasteiger partial charge in [-0.1, -0.05) is 40.0 Å². The van der Waals surface area contributed by atoms with Crippen LogP contribution in [0.25, 0.3) is 0 Å². The highest BCUT2D eigenvalue weighted by Gasteiger charge is 2.39. The molecule has 2 nitrogen and oxygen atoms in total. The third-order valence-electron chi connectivity index (χ3n) is 4.92. The summed E-state index contributed by atoms with van der Waals surface area (Å²) < 4.78 is 6.12. The molecule has 0 amide bonds. The molecule has 1 saturated heterocycles. The molecule has 0 bridgehead atoms. The molecule has 106 valence electrons. The topological polar surface area (TPSA) is 29.5 Å². The molecular formula is C16H30O2. The summed E-state index contributed by atoms with van der Waals surface area (Å²) in [4.78, 5) is 0. The third-order valence-corrected chi connectivity index (χ3v) is 4.92. The molecule has 1 aliphatic heterocycles. The van der Waals surface area contributed by atoms with E-state index < -0.39 is 0 Å². The molecule has 2 rings (SSSR count). The number of rotatable bonds is 2. The molecule has 2 fully saturated rings. The number of ether oxygens (including phenoxy) is 1. The van der Waals surface area contributed by atoms with Gasteiger partial charge in [0.2, 0.25) is 0 Å². The maximum Gasteiger partial charge on any atom is 0.0685 e. The Morgan fingerprint density at radius 2 is 1.89 bits per heavy atom. The van der Waals surface area contributed by atoms with Crippen molar-refractivity contribution in [1.29, 1.82) is 0 Å². The van der Waals surface area contributed by atoms with Crippen LogP contribution >= 0.6 is 0 Å². The minimum absolute atomic E-state index is 0.0119. The highest BCUT2D eigenvalue weighted by atomic mass is 16.5. The van der Waals surface area contributed by atoms with E-state index in [2.05, 4.69) is 20.8 Å². The Morgan fingerprint density at radius 3 is 2.50 bits per heavy atom. The Labute approximate surface area is 112 Å². The van der Waals surface area contributed by atoms with Gasteiger partial charge < -0.3 is 9.84 Å². The van der Waals surface area contributed by atoms with Gasteiger partial charge in [-0.3, -0.25) is 0 Å². The zero-order valence-corrected chi connectivity index (χ0v) is 12.4. The maximum absolute atomic E-state index is 10.3. The first-order valence-electron chi connectivity index (χ1n) is 7.73. The van der Waals surface area contributed by atoms with Gasteiger partial charge in [0.05, 0.1) is 11.7 Å². The van der Waals surface area contributed by atoms with Crippen LogP contribution in [0.1, 0.15) is 72.1 Å². The number of aliphatic hydroxyl groups excluding tert-OH is 1. The lowest BCUT2D eigenvalue weighted by atomic mass is 9.73. The van der Waals surface area contributed by atoms with Crippen LogP contribution in [0.3, 0.4) is 0 Å². The Balaban J connectivity index is 1.90. The lowest BCUT2D eigenvalue weighted by molar-refractivity contribution is -0.124. The van der Waals surface area contributed by atoms with Crippen molar-refractivity contribution in [1.82, 2.24) is 0 Å². The number of aliphatic hydroxyl groups is 1. The van der Waals surface area contributed by atoms with Crippen LogP contribution in [0, 0.1) is 11.3 Å². The molecule has 0 aromatic carbocycles. The third kappa shape index (κ3) is 3.48. The first-order chi connectivity index (χ1) is 8.41. The summed E-state index contributed by atoms with van der Waals surface area (Å²) in [7, 11) is 0. The summed E-state index contributed by atoms with van der Waals surface area (Å²) in [5.74, 6) is 0.658. The molecule has 0 aromatic rings. The lowest BCUT2D eigenvalue weighted by Crippen LogP contribution is -2.43. The Morgan fingerprint density at radius 1 is 1.22 bits per heavy atom. The van der Waals surface area contributed by atoms with E-state index in [0.717, 1.165) is 19.4 Å². The molecule has 2 heteroatoms. The zero-order chi connectivity index (χ0) is 13.2. The second-order valence-electron chi connectivity index (χ2n) is 7.57. The van der Waals surface area contributed by atoms with Crippen molar-refractivity contribution in [3.63, 3.8) is 0 Å². The molecule has 2 unspecified atom stereocenters. The first kappa shape index (κ1) is 14.3. The minimum atomic E-state index is -0.179. The fraction of sp³-hybridized carbons (Fsp3) is 1.00. The van der Waals surface area contributed by atoms with Crippen LogP contribution in [0.4, 0.5) is 0 Å². The van der Waals surface area contributed by atoms with E-state index in [1.807, 2.05) is 0 Å². The quantitative estimate of drug-likeness (QED) is 0.809.